The Kier molecular flexibility index (Phi) is 9.33. The molecule has 40 heavy (non-hydrogen) atoms. The number of esters is 4. The predicted molar refractivity (Wildman–Crippen MR) is 145 cm³/mol. The normalized spacial score (nSPS) is 22.5. The second-order valence-corrected chi connectivity index (χ2v) is 10.9. The molecule has 0 amide bonds. The minimum Gasteiger partial charge on any atom is -0.463 e. The molecule has 1 aliphatic heterocycles. The van der Waals surface area contributed by atoms with Gasteiger partial charge in [0.1, 0.15) is 12.7 Å². The van der Waals surface area contributed by atoms with E-state index in [1.165, 1.54) is 41.6 Å². The number of aromatic nitrogens is 3. The zero-order valence-corrected chi connectivity index (χ0v) is 24.5. The molecule has 2 aromatic heterocycles. The van der Waals surface area contributed by atoms with Gasteiger partial charge >= 0.3 is 23.9 Å². The van der Waals surface area contributed by atoms with E-state index >= 15 is 0 Å². The monoisotopic (exact) mass is 611 g/mol. The summed E-state index contributed by atoms with van der Waals surface area (Å²) in [5.41, 5.74) is 0. The Bertz CT molecular complexity index is 1440. The molecule has 0 aliphatic carbocycles. The van der Waals surface area contributed by atoms with Crippen molar-refractivity contribution in [3.05, 3.63) is 29.3 Å². The van der Waals surface area contributed by atoms with Crippen molar-refractivity contribution in [2.75, 3.05) is 12.9 Å². The fourth-order valence-corrected chi connectivity index (χ4v) is 6.22. The van der Waals surface area contributed by atoms with Crippen LogP contribution in [-0.4, -0.2) is 75.9 Å². The maximum atomic E-state index is 12.2. The quantitative estimate of drug-likeness (QED) is 0.207. The van der Waals surface area contributed by atoms with Gasteiger partial charge in [-0.15, -0.1) is 16.4 Å². The number of hydrogen-bond donors (Lipinski definition) is 0. The van der Waals surface area contributed by atoms with Crippen LogP contribution in [0.3, 0.4) is 0 Å². The van der Waals surface area contributed by atoms with Gasteiger partial charge in [0.25, 0.3) is 0 Å². The highest BCUT2D eigenvalue weighted by Crippen LogP contribution is 2.42. The molecule has 0 saturated carbocycles. The summed E-state index contributed by atoms with van der Waals surface area (Å²) in [6.45, 7) is 4.34. The number of rotatable bonds is 8. The van der Waals surface area contributed by atoms with Crippen LogP contribution in [0, 0.1) is 0 Å². The number of benzene rings is 1. The molecule has 4 rings (SSSR count). The van der Waals surface area contributed by atoms with Crippen LogP contribution in [0.25, 0.3) is 20.8 Å². The third-order valence-electron chi connectivity index (χ3n) is 5.73. The molecule has 0 bridgehead atoms. The number of thioether (sulfide) groups is 1. The molecule has 1 saturated heterocycles. The van der Waals surface area contributed by atoms with Crippen molar-refractivity contribution in [1.82, 2.24) is 14.8 Å². The second kappa shape index (κ2) is 12.5. The third kappa shape index (κ3) is 6.40. The Morgan fingerprint density at radius 2 is 1.60 bits per heavy atom. The second-order valence-electron chi connectivity index (χ2n) is 8.70. The lowest BCUT2D eigenvalue weighted by molar-refractivity contribution is -0.271. The number of thiophene rings is 1. The average molecular weight is 612 g/mol. The van der Waals surface area contributed by atoms with Gasteiger partial charge in [-0.3, -0.25) is 19.2 Å². The van der Waals surface area contributed by atoms with Gasteiger partial charge in [-0.25, -0.2) is 4.68 Å². The van der Waals surface area contributed by atoms with Gasteiger partial charge in [0.2, 0.25) is 0 Å². The first-order chi connectivity index (χ1) is 19.0. The Hall–Kier alpha value is -3.20. The first-order valence-corrected chi connectivity index (χ1v) is 14.4. The van der Waals surface area contributed by atoms with Crippen molar-refractivity contribution < 1.29 is 42.9 Å². The summed E-state index contributed by atoms with van der Waals surface area (Å²) in [5.74, 6) is -2.48. The number of carbonyl (C=O) groups is 4. The molecule has 0 N–H and O–H groups in total. The summed E-state index contributed by atoms with van der Waals surface area (Å²) in [4.78, 5) is 53.2. The van der Waals surface area contributed by atoms with Crippen LogP contribution in [0.2, 0.25) is 5.02 Å². The topological polar surface area (TPSA) is 145 Å². The van der Waals surface area contributed by atoms with E-state index < -0.39 is 54.5 Å². The molecule has 12 nitrogen and oxygen atoms in total. The highest BCUT2D eigenvalue weighted by atomic mass is 35.5. The van der Waals surface area contributed by atoms with Crippen LogP contribution in [0.1, 0.15) is 33.9 Å². The van der Waals surface area contributed by atoms with Crippen molar-refractivity contribution in [2.45, 2.75) is 63.5 Å². The van der Waals surface area contributed by atoms with E-state index in [1.807, 2.05) is 24.3 Å². The van der Waals surface area contributed by atoms with E-state index in [0.29, 0.717) is 20.9 Å². The van der Waals surface area contributed by atoms with Crippen LogP contribution in [0.4, 0.5) is 0 Å². The summed E-state index contributed by atoms with van der Waals surface area (Å²) in [5, 5.41) is 6.35. The number of nitrogens with zero attached hydrogens (tertiary/aromatic N) is 3. The van der Waals surface area contributed by atoms with Crippen LogP contribution in [0.15, 0.2) is 29.4 Å². The Balaban J connectivity index is 1.84. The van der Waals surface area contributed by atoms with Crippen LogP contribution >= 0.6 is 34.7 Å². The van der Waals surface area contributed by atoms with E-state index in [9.17, 15) is 19.2 Å². The lowest BCUT2D eigenvalue weighted by atomic mass is 9.97. The maximum Gasteiger partial charge on any atom is 0.303 e. The van der Waals surface area contributed by atoms with Gasteiger partial charge < -0.3 is 23.7 Å². The summed E-state index contributed by atoms with van der Waals surface area (Å²) in [7, 11) is 0. The van der Waals surface area contributed by atoms with Gasteiger partial charge in [-0.05, 0) is 12.3 Å². The number of carbonyl (C=O) groups excluding carboxylic acids is 4. The smallest absolute Gasteiger partial charge is 0.303 e. The van der Waals surface area contributed by atoms with Gasteiger partial charge in [-0.2, -0.15) is 4.98 Å². The minimum absolute atomic E-state index is 0.295. The van der Waals surface area contributed by atoms with Gasteiger partial charge in [0.15, 0.2) is 35.5 Å². The fourth-order valence-electron chi connectivity index (χ4n) is 4.27. The van der Waals surface area contributed by atoms with Crippen LogP contribution < -0.4 is 0 Å². The van der Waals surface area contributed by atoms with Gasteiger partial charge in [0.05, 0.1) is 9.90 Å². The maximum absolute atomic E-state index is 12.2. The molecule has 0 unspecified atom stereocenters. The Morgan fingerprint density at radius 3 is 2.20 bits per heavy atom. The van der Waals surface area contributed by atoms with E-state index in [-0.39, 0.29) is 6.61 Å². The summed E-state index contributed by atoms with van der Waals surface area (Å²) >= 11 is 9.32. The molecule has 3 heterocycles. The van der Waals surface area contributed by atoms with E-state index in [2.05, 4.69) is 10.1 Å². The molecular weight excluding hydrogens is 586 g/mol. The van der Waals surface area contributed by atoms with E-state index in [4.69, 9.17) is 35.3 Å². The van der Waals surface area contributed by atoms with Crippen LogP contribution in [0.5, 0.6) is 0 Å². The van der Waals surface area contributed by atoms with Crippen molar-refractivity contribution in [3.63, 3.8) is 0 Å². The first-order valence-electron chi connectivity index (χ1n) is 12.0. The molecule has 5 atom stereocenters. The predicted octanol–water partition coefficient (Wildman–Crippen LogP) is 3.79. The van der Waals surface area contributed by atoms with Crippen molar-refractivity contribution in [1.29, 1.82) is 0 Å². The van der Waals surface area contributed by atoms with Gasteiger partial charge in [-0.1, -0.05) is 41.6 Å². The van der Waals surface area contributed by atoms with Crippen molar-refractivity contribution >= 4 is 68.7 Å². The van der Waals surface area contributed by atoms with Crippen LogP contribution in [-0.2, 0) is 42.9 Å². The molecular formula is C25H26ClN3O9S2. The minimum atomic E-state index is -1.33. The Labute approximate surface area is 242 Å². The molecule has 1 aromatic carbocycles. The molecule has 0 spiro atoms. The lowest BCUT2D eigenvalue weighted by Gasteiger charge is -2.44. The lowest BCUT2D eigenvalue weighted by Crippen LogP contribution is -2.60. The average Bonchev–Trinajstić information content (AvgIpc) is 3.45. The zero-order valence-electron chi connectivity index (χ0n) is 22.1. The number of halogens is 1. The van der Waals surface area contributed by atoms with E-state index in [1.54, 1.807) is 6.26 Å². The summed E-state index contributed by atoms with van der Waals surface area (Å²) < 4.78 is 30.3. The Morgan fingerprint density at radius 1 is 0.975 bits per heavy atom. The SMILES string of the molecule is CSc1nc(-c2sc3ccccc3c2Cl)nn1[C@@H]1O[C@H](COC(C)=O)[C@H](OC(C)=O)[C@H](OC(C)=O)[C@H]1OC(C)=O. The number of hydrogen-bond acceptors (Lipinski definition) is 13. The van der Waals surface area contributed by atoms with Crippen molar-refractivity contribution in [3.8, 4) is 10.7 Å². The molecule has 0 radical (unpaired) electrons. The number of fused-ring (bicyclic) bond motifs is 1. The number of ether oxygens (including phenoxy) is 5. The molecule has 15 heteroatoms. The standard InChI is InChI=1S/C25H26ClN3O9S2/c1-11(30)34-10-16-19(35-12(2)31)20(36-13(3)32)21(37-14(4)33)24(38-16)29-25(39-5)27-23(28-29)22-18(26)15-8-6-7-9-17(15)40-22/h6-9,16,19-21,24H,10H2,1-5H3/t16-,19+,20+,21-,24-/m1/s1. The molecule has 214 valence electrons. The van der Waals surface area contributed by atoms with E-state index in [0.717, 1.165) is 23.9 Å². The molecule has 1 fully saturated rings. The first kappa shape index (κ1) is 29.8. The summed E-state index contributed by atoms with van der Waals surface area (Å²) in [6.07, 6.45) is -4.51. The van der Waals surface area contributed by atoms with Crippen molar-refractivity contribution in [2.24, 2.45) is 0 Å². The molecule has 1 aliphatic rings. The largest absolute Gasteiger partial charge is 0.463 e. The highest BCUT2D eigenvalue weighted by molar-refractivity contribution is 7.98. The summed E-state index contributed by atoms with van der Waals surface area (Å²) in [6, 6.07) is 7.60. The zero-order chi connectivity index (χ0) is 29.1. The third-order valence-corrected chi connectivity index (χ3v) is 8.04. The highest BCUT2D eigenvalue weighted by Gasteiger charge is 2.53. The molecule has 3 aromatic rings. The van der Waals surface area contributed by atoms with Gasteiger partial charge in [0, 0.05) is 37.8 Å². The fraction of sp³-hybridized carbons (Fsp3) is 0.440.